The average molecular weight is 300 g/mol. The molecule has 0 unspecified atom stereocenters. The Morgan fingerprint density at radius 3 is 2.38 bits per heavy atom. The molecule has 1 N–H and O–H groups in total. The number of carboxylic acid groups (broad SMARTS) is 1. The predicted octanol–water partition coefficient (Wildman–Crippen LogP) is 5.11. The van der Waals surface area contributed by atoms with Gasteiger partial charge < -0.3 is 5.11 Å². The molecule has 2 aromatic rings. The van der Waals surface area contributed by atoms with Crippen molar-refractivity contribution in [3.05, 3.63) is 64.7 Å². The maximum atomic E-state index is 11.1. The van der Waals surface area contributed by atoms with Gasteiger partial charge in [-0.3, -0.25) is 0 Å². The second-order valence-corrected chi connectivity index (χ2v) is 6.52. The molecule has 0 aromatic heterocycles. The summed E-state index contributed by atoms with van der Waals surface area (Å²) in [6, 6.07) is 14.2. The number of hydrogen-bond acceptors (Lipinski definition) is 2. The molecular formula is C18H20O2S. The minimum Gasteiger partial charge on any atom is -0.478 e. The molecule has 21 heavy (non-hydrogen) atoms. The van der Waals surface area contributed by atoms with Crippen LogP contribution in [0.4, 0.5) is 0 Å². The normalized spacial score (nSPS) is 10.9. The number of aryl methyl sites for hydroxylation is 1. The maximum Gasteiger partial charge on any atom is 0.335 e. The van der Waals surface area contributed by atoms with E-state index in [-0.39, 0.29) is 0 Å². The lowest BCUT2D eigenvalue weighted by molar-refractivity contribution is 0.0696. The van der Waals surface area contributed by atoms with Crippen molar-refractivity contribution in [3.63, 3.8) is 0 Å². The molecule has 0 aliphatic carbocycles. The number of thioether (sulfide) groups is 1. The molecule has 0 bridgehead atoms. The summed E-state index contributed by atoms with van der Waals surface area (Å²) in [6.07, 6.45) is 0. The second-order valence-electron chi connectivity index (χ2n) is 5.47. The third-order valence-electron chi connectivity index (χ3n) is 3.49. The van der Waals surface area contributed by atoms with Crippen LogP contribution in [0, 0.1) is 6.92 Å². The molecule has 0 fully saturated rings. The zero-order valence-corrected chi connectivity index (χ0v) is 13.4. The first-order valence-electron chi connectivity index (χ1n) is 7.03. The van der Waals surface area contributed by atoms with Gasteiger partial charge in [-0.25, -0.2) is 4.79 Å². The average Bonchev–Trinajstić information content (AvgIpc) is 2.46. The van der Waals surface area contributed by atoms with Crippen LogP contribution in [0.2, 0.25) is 0 Å². The Morgan fingerprint density at radius 2 is 1.81 bits per heavy atom. The lowest BCUT2D eigenvalue weighted by Gasteiger charge is -2.08. The van der Waals surface area contributed by atoms with Crippen LogP contribution in [0.1, 0.15) is 46.8 Å². The second kappa shape index (κ2) is 6.81. The first-order valence-corrected chi connectivity index (χ1v) is 8.01. The minimum atomic E-state index is -0.865. The van der Waals surface area contributed by atoms with Crippen molar-refractivity contribution in [1.29, 1.82) is 0 Å². The molecule has 0 aliphatic rings. The molecule has 0 aliphatic heterocycles. The molecule has 0 saturated heterocycles. The molecule has 110 valence electrons. The van der Waals surface area contributed by atoms with E-state index in [9.17, 15) is 4.79 Å². The number of hydrogen-bond donors (Lipinski definition) is 1. The van der Waals surface area contributed by atoms with Gasteiger partial charge in [0.2, 0.25) is 0 Å². The molecule has 0 heterocycles. The molecule has 3 heteroatoms. The first-order chi connectivity index (χ1) is 9.97. The fourth-order valence-corrected chi connectivity index (χ4v) is 2.98. The quantitative estimate of drug-likeness (QED) is 0.780. The van der Waals surface area contributed by atoms with Crippen LogP contribution in [0.15, 0.2) is 47.4 Å². The van der Waals surface area contributed by atoms with Crippen molar-refractivity contribution < 1.29 is 9.90 Å². The van der Waals surface area contributed by atoms with Gasteiger partial charge in [0.15, 0.2) is 0 Å². The monoisotopic (exact) mass is 300 g/mol. The number of carboxylic acids is 1. The van der Waals surface area contributed by atoms with Crippen molar-refractivity contribution in [1.82, 2.24) is 0 Å². The molecule has 0 atom stereocenters. The summed E-state index contributed by atoms with van der Waals surface area (Å²) < 4.78 is 0. The van der Waals surface area contributed by atoms with Gasteiger partial charge in [-0.05, 0) is 41.7 Å². The third-order valence-corrected chi connectivity index (χ3v) is 4.56. The van der Waals surface area contributed by atoms with Crippen LogP contribution in [-0.2, 0) is 5.75 Å². The van der Waals surface area contributed by atoms with Crippen molar-refractivity contribution in [2.24, 2.45) is 0 Å². The van der Waals surface area contributed by atoms with E-state index in [1.165, 1.54) is 11.1 Å². The Balaban J connectivity index is 2.06. The summed E-state index contributed by atoms with van der Waals surface area (Å²) in [6.45, 7) is 6.19. The predicted molar refractivity (Wildman–Crippen MR) is 88.2 cm³/mol. The highest BCUT2D eigenvalue weighted by Crippen LogP contribution is 2.26. The zero-order chi connectivity index (χ0) is 15.4. The van der Waals surface area contributed by atoms with Crippen molar-refractivity contribution in [3.8, 4) is 0 Å². The summed E-state index contributed by atoms with van der Waals surface area (Å²) in [5.74, 6) is 0.527. The summed E-state index contributed by atoms with van der Waals surface area (Å²) in [4.78, 5) is 12.1. The van der Waals surface area contributed by atoms with E-state index in [1.807, 2.05) is 19.1 Å². The summed E-state index contributed by atoms with van der Waals surface area (Å²) in [7, 11) is 0. The Hall–Kier alpha value is -1.74. The lowest BCUT2D eigenvalue weighted by atomic mass is 10.0. The smallest absolute Gasteiger partial charge is 0.335 e. The van der Waals surface area contributed by atoms with E-state index in [1.54, 1.807) is 17.8 Å². The highest BCUT2D eigenvalue weighted by atomic mass is 32.2. The van der Waals surface area contributed by atoms with Crippen LogP contribution in [0.5, 0.6) is 0 Å². The zero-order valence-electron chi connectivity index (χ0n) is 12.6. The number of rotatable bonds is 5. The third kappa shape index (κ3) is 4.11. The molecule has 0 amide bonds. The fraction of sp³-hybridized carbons (Fsp3) is 0.278. The first kappa shape index (κ1) is 15.6. The van der Waals surface area contributed by atoms with Gasteiger partial charge >= 0.3 is 5.97 Å². The van der Waals surface area contributed by atoms with Gasteiger partial charge in [0, 0.05) is 10.6 Å². The Morgan fingerprint density at radius 1 is 1.14 bits per heavy atom. The number of benzene rings is 2. The van der Waals surface area contributed by atoms with Gasteiger partial charge in [-0.15, -0.1) is 11.8 Å². The van der Waals surface area contributed by atoms with Crippen molar-refractivity contribution >= 4 is 17.7 Å². The molecule has 2 nitrogen and oxygen atoms in total. The van der Waals surface area contributed by atoms with Gasteiger partial charge in [0.05, 0.1) is 5.56 Å². The van der Waals surface area contributed by atoms with Gasteiger partial charge in [-0.2, -0.15) is 0 Å². The van der Waals surface area contributed by atoms with Crippen LogP contribution in [0.3, 0.4) is 0 Å². The van der Waals surface area contributed by atoms with E-state index >= 15 is 0 Å². The van der Waals surface area contributed by atoms with Crippen LogP contribution >= 0.6 is 11.8 Å². The lowest BCUT2D eigenvalue weighted by Crippen LogP contribution is -1.99. The Bertz CT molecular complexity index is 630. The topological polar surface area (TPSA) is 37.3 Å². The molecule has 2 aromatic carbocycles. The van der Waals surface area contributed by atoms with Gasteiger partial charge in [-0.1, -0.05) is 44.2 Å². The summed E-state index contributed by atoms with van der Waals surface area (Å²) >= 11 is 1.66. The van der Waals surface area contributed by atoms with E-state index < -0.39 is 5.97 Å². The Labute approximate surface area is 130 Å². The molecule has 0 saturated carbocycles. The fourth-order valence-electron chi connectivity index (χ4n) is 2.09. The van der Waals surface area contributed by atoms with Gasteiger partial charge in [0.1, 0.15) is 0 Å². The van der Waals surface area contributed by atoms with E-state index in [4.69, 9.17) is 5.11 Å². The van der Waals surface area contributed by atoms with Crippen molar-refractivity contribution in [2.75, 3.05) is 0 Å². The number of aromatic carboxylic acids is 1. The van der Waals surface area contributed by atoms with Crippen molar-refractivity contribution in [2.45, 2.75) is 37.3 Å². The van der Waals surface area contributed by atoms with Crippen LogP contribution < -0.4 is 0 Å². The SMILES string of the molecule is Cc1ccc(SCc2ccc(C(C)C)cc2)cc1C(=O)O. The highest BCUT2D eigenvalue weighted by Gasteiger charge is 2.08. The summed E-state index contributed by atoms with van der Waals surface area (Å²) in [5.41, 5.74) is 3.78. The minimum absolute atomic E-state index is 0.384. The van der Waals surface area contributed by atoms with Gasteiger partial charge in [0.25, 0.3) is 0 Å². The standard InChI is InChI=1S/C18H20O2S/c1-12(2)15-7-5-14(6-8-15)11-21-16-9-4-13(3)17(10-16)18(19)20/h4-10,12H,11H2,1-3H3,(H,19,20). The molecular weight excluding hydrogens is 280 g/mol. The molecule has 0 radical (unpaired) electrons. The van der Waals surface area contributed by atoms with E-state index in [2.05, 4.69) is 38.1 Å². The Kier molecular flexibility index (Phi) is 5.07. The molecule has 2 rings (SSSR count). The van der Waals surface area contributed by atoms with Crippen LogP contribution in [-0.4, -0.2) is 11.1 Å². The number of carbonyl (C=O) groups is 1. The summed E-state index contributed by atoms with van der Waals surface area (Å²) in [5, 5.41) is 9.15. The highest BCUT2D eigenvalue weighted by molar-refractivity contribution is 7.98. The molecule has 0 spiro atoms. The van der Waals surface area contributed by atoms with E-state index in [0.29, 0.717) is 11.5 Å². The van der Waals surface area contributed by atoms with Crippen LogP contribution in [0.25, 0.3) is 0 Å². The largest absolute Gasteiger partial charge is 0.478 e. The maximum absolute atomic E-state index is 11.1. The van der Waals surface area contributed by atoms with E-state index in [0.717, 1.165) is 16.2 Å².